The quantitative estimate of drug-likeness (QED) is 0.466. The Bertz CT molecular complexity index is 1370. The number of nitrogens with zero attached hydrogens (tertiary/aromatic N) is 3. The number of hydrogen-bond acceptors (Lipinski definition) is 7. The van der Waals surface area contributed by atoms with Crippen LogP contribution in [0.2, 0.25) is 0 Å². The molecule has 2 aromatic carbocycles. The minimum Gasteiger partial charge on any atom is -0.467 e. The molecule has 0 aliphatic carbocycles. The number of amides is 2. The smallest absolute Gasteiger partial charge is 0.259 e. The standard InChI is InChI=1S/C26H21FN4O4S/c27-17-9-7-16(8-10-17)22(32)15-36-26-30-20-6-2-1-5-19(20)24-29-21(25(34)31(24)26)11-12-23(33)28-14-18-4-3-13-35-18/h1-10,13,21H,11-12,14-15H2,(H,28,33)/t21-/m1/s1. The van der Waals surface area contributed by atoms with Gasteiger partial charge in [-0.3, -0.25) is 19.4 Å². The summed E-state index contributed by atoms with van der Waals surface area (Å²) < 4.78 is 18.4. The molecule has 1 atom stereocenters. The Morgan fingerprint density at radius 2 is 1.89 bits per heavy atom. The van der Waals surface area contributed by atoms with Gasteiger partial charge in [-0.25, -0.2) is 14.3 Å². The number of benzene rings is 2. The van der Waals surface area contributed by atoms with E-state index < -0.39 is 11.9 Å². The first-order valence-corrected chi connectivity index (χ1v) is 12.3. The van der Waals surface area contributed by atoms with E-state index in [2.05, 4.69) is 15.3 Å². The highest BCUT2D eigenvalue weighted by Gasteiger charge is 2.41. The van der Waals surface area contributed by atoms with Crippen LogP contribution in [0.5, 0.6) is 0 Å². The summed E-state index contributed by atoms with van der Waals surface area (Å²) in [6, 6.07) is 15.4. The lowest BCUT2D eigenvalue weighted by atomic mass is 10.1. The number of ketones is 1. The summed E-state index contributed by atoms with van der Waals surface area (Å²) >= 11 is 1.12. The van der Waals surface area contributed by atoms with Gasteiger partial charge in [0.1, 0.15) is 23.5 Å². The van der Waals surface area contributed by atoms with Crippen molar-refractivity contribution < 1.29 is 23.2 Å². The van der Waals surface area contributed by atoms with E-state index in [1.807, 2.05) is 24.3 Å². The molecule has 36 heavy (non-hydrogen) atoms. The van der Waals surface area contributed by atoms with Crippen LogP contribution in [0, 0.1) is 5.82 Å². The van der Waals surface area contributed by atoms with Crippen molar-refractivity contribution in [3.05, 3.63) is 89.6 Å². The van der Waals surface area contributed by atoms with Crippen LogP contribution >= 0.6 is 11.8 Å². The Kier molecular flexibility index (Phi) is 6.77. The molecule has 1 aromatic heterocycles. The lowest BCUT2D eigenvalue weighted by Gasteiger charge is -2.25. The van der Waals surface area contributed by atoms with E-state index in [9.17, 15) is 18.8 Å². The Morgan fingerprint density at radius 1 is 1.08 bits per heavy atom. The van der Waals surface area contributed by atoms with Crippen LogP contribution in [-0.4, -0.2) is 45.3 Å². The third-order valence-electron chi connectivity index (χ3n) is 5.73. The van der Waals surface area contributed by atoms with Gasteiger partial charge in [0.15, 0.2) is 11.0 Å². The summed E-state index contributed by atoms with van der Waals surface area (Å²) in [5, 5.41) is 3.11. The summed E-state index contributed by atoms with van der Waals surface area (Å²) in [7, 11) is 0. The van der Waals surface area contributed by atoms with E-state index in [0.717, 1.165) is 11.8 Å². The fourth-order valence-corrected chi connectivity index (χ4v) is 4.79. The summed E-state index contributed by atoms with van der Waals surface area (Å²) in [5.41, 5.74) is 1.74. The maximum Gasteiger partial charge on any atom is 0.259 e. The third-order valence-corrected chi connectivity index (χ3v) is 6.67. The van der Waals surface area contributed by atoms with Crippen LogP contribution in [0.1, 0.15) is 34.5 Å². The fraction of sp³-hybridized carbons (Fsp3) is 0.192. The lowest BCUT2D eigenvalue weighted by molar-refractivity contribution is -0.125. The van der Waals surface area contributed by atoms with Crippen molar-refractivity contribution in [3.8, 4) is 0 Å². The number of hydrogen-bond donors (Lipinski definition) is 1. The number of thioether (sulfide) groups is 1. The maximum absolute atomic E-state index is 13.3. The number of amidine groups is 2. The number of halogens is 1. The van der Waals surface area contributed by atoms with Crippen molar-refractivity contribution in [2.45, 2.75) is 25.4 Å². The van der Waals surface area contributed by atoms with E-state index in [1.54, 1.807) is 12.1 Å². The normalized spacial score (nSPS) is 16.2. The zero-order chi connectivity index (χ0) is 25.1. The van der Waals surface area contributed by atoms with Crippen LogP contribution in [0.4, 0.5) is 10.1 Å². The molecule has 1 N–H and O–H groups in total. The largest absolute Gasteiger partial charge is 0.467 e. The minimum absolute atomic E-state index is 0.0174. The molecular formula is C26H21FN4O4S. The monoisotopic (exact) mass is 504 g/mol. The van der Waals surface area contributed by atoms with Gasteiger partial charge in [0, 0.05) is 17.5 Å². The maximum atomic E-state index is 13.3. The first-order valence-electron chi connectivity index (χ1n) is 11.3. The molecule has 8 nitrogen and oxygen atoms in total. The van der Waals surface area contributed by atoms with Gasteiger partial charge < -0.3 is 9.73 Å². The third kappa shape index (κ3) is 4.99. The first kappa shape index (κ1) is 23.7. The van der Waals surface area contributed by atoms with Crippen LogP contribution in [0.3, 0.4) is 0 Å². The molecule has 0 spiro atoms. The molecule has 0 bridgehead atoms. The minimum atomic E-state index is -0.737. The first-order chi connectivity index (χ1) is 17.5. The van der Waals surface area contributed by atoms with Crippen molar-refractivity contribution in [1.29, 1.82) is 0 Å². The molecule has 0 fully saturated rings. The van der Waals surface area contributed by atoms with E-state index in [0.29, 0.717) is 33.6 Å². The second-order valence-electron chi connectivity index (χ2n) is 8.17. The molecule has 10 heteroatoms. The predicted octanol–water partition coefficient (Wildman–Crippen LogP) is 4.09. The van der Waals surface area contributed by atoms with Crippen molar-refractivity contribution in [1.82, 2.24) is 10.2 Å². The molecule has 0 radical (unpaired) electrons. The van der Waals surface area contributed by atoms with Crippen LogP contribution in [0.15, 0.2) is 81.3 Å². The highest BCUT2D eigenvalue weighted by atomic mass is 32.2. The second kappa shape index (κ2) is 10.3. The van der Waals surface area contributed by atoms with Crippen LogP contribution in [-0.2, 0) is 16.1 Å². The average Bonchev–Trinajstić information content (AvgIpc) is 3.53. The number of para-hydroxylation sites is 1. The van der Waals surface area contributed by atoms with Gasteiger partial charge in [-0.15, -0.1) is 0 Å². The van der Waals surface area contributed by atoms with Crippen molar-refractivity contribution >= 4 is 46.1 Å². The number of rotatable bonds is 8. The zero-order valence-electron chi connectivity index (χ0n) is 19.0. The number of aliphatic imine (C=N–C) groups is 2. The topological polar surface area (TPSA) is 104 Å². The van der Waals surface area contributed by atoms with Crippen LogP contribution in [0.25, 0.3) is 0 Å². The van der Waals surface area contributed by atoms with Crippen LogP contribution < -0.4 is 5.32 Å². The lowest BCUT2D eigenvalue weighted by Crippen LogP contribution is -2.41. The molecule has 2 aliphatic rings. The van der Waals surface area contributed by atoms with E-state index in [-0.39, 0.29) is 42.7 Å². The van der Waals surface area contributed by atoms with E-state index in [4.69, 9.17) is 4.42 Å². The Balaban J connectivity index is 1.28. The predicted molar refractivity (Wildman–Crippen MR) is 134 cm³/mol. The molecule has 3 heterocycles. The highest BCUT2D eigenvalue weighted by Crippen LogP contribution is 2.34. The Labute approximate surface area is 210 Å². The molecule has 182 valence electrons. The molecule has 2 amide bonds. The molecule has 2 aliphatic heterocycles. The molecule has 3 aromatic rings. The fourth-order valence-electron chi connectivity index (χ4n) is 3.89. The van der Waals surface area contributed by atoms with E-state index in [1.165, 1.54) is 35.4 Å². The number of Topliss-reactive ketones (excluding diaryl/α,β-unsaturated/α-hetero) is 1. The van der Waals surface area contributed by atoms with E-state index >= 15 is 0 Å². The van der Waals surface area contributed by atoms with Gasteiger partial charge in [0.2, 0.25) is 5.91 Å². The summed E-state index contributed by atoms with van der Waals surface area (Å²) in [5.74, 6) is -0.0146. The Morgan fingerprint density at radius 3 is 2.67 bits per heavy atom. The number of carbonyl (C=O) groups is 3. The molecule has 5 rings (SSSR count). The molecular weight excluding hydrogens is 483 g/mol. The molecule has 0 saturated carbocycles. The Hall–Kier alpha value is -4.05. The van der Waals surface area contributed by atoms with Gasteiger partial charge >= 0.3 is 0 Å². The SMILES string of the molecule is O=C(CC[C@H]1N=C2c3ccccc3N=C(SCC(=O)c3ccc(F)cc3)N2C1=O)NCc1ccco1. The van der Waals surface area contributed by atoms with Gasteiger partial charge in [0.25, 0.3) is 5.91 Å². The number of carbonyl (C=O) groups excluding carboxylic acids is 3. The van der Waals surface area contributed by atoms with Gasteiger partial charge in [-0.2, -0.15) is 0 Å². The number of furan rings is 1. The summed E-state index contributed by atoms with van der Waals surface area (Å²) in [6.45, 7) is 0.272. The van der Waals surface area contributed by atoms with Gasteiger partial charge in [0.05, 0.1) is 24.2 Å². The van der Waals surface area contributed by atoms with Gasteiger partial charge in [-0.1, -0.05) is 23.9 Å². The molecule has 0 unspecified atom stereocenters. The number of nitrogens with one attached hydrogen (secondary N) is 1. The summed E-state index contributed by atoms with van der Waals surface area (Å²) in [4.78, 5) is 48.9. The van der Waals surface area contributed by atoms with Crippen molar-refractivity contribution in [2.75, 3.05) is 5.75 Å². The average molecular weight is 505 g/mol. The van der Waals surface area contributed by atoms with Crippen molar-refractivity contribution in [2.24, 2.45) is 9.98 Å². The second-order valence-corrected chi connectivity index (χ2v) is 9.11. The zero-order valence-corrected chi connectivity index (χ0v) is 19.8. The summed E-state index contributed by atoms with van der Waals surface area (Å²) in [6.07, 6.45) is 1.89. The number of fused-ring (bicyclic) bond motifs is 3. The molecule has 0 saturated heterocycles. The van der Waals surface area contributed by atoms with Crippen molar-refractivity contribution in [3.63, 3.8) is 0 Å². The van der Waals surface area contributed by atoms with Gasteiger partial charge in [-0.05, 0) is 55.0 Å². The highest BCUT2D eigenvalue weighted by molar-refractivity contribution is 8.14.